The number of benzene rings is 2. The molecule has 1 amide bonds. The Balaban J connectivity index is 1.55. The van der Waals surface area contributed by atoms with Gasteiger partial charge in [0.2, 0.25) is 0 Å². The highest BCUT2D eigenvalue weighted by molar-refractivity contribution is 6.02. The summed E-state index contributed by atoms with van der Waals surface area (Å²) in [6.07, 6.45) is 0. The highest BCUT2D eigenvalue weighted by Gasteiger charge is 2.12. The van der Waals surface area contributed by atoms with Gasteiger partial charge in [0.1, 0.15) is 36.3 Å². The molecular weight excluding hydrogens is 365 g/mol. The smallest absolute Gasteiger partial charge is 0.291 e. The van der Waals surface area contributed by atoms with Crippen molar-refractivity contribution in [3.8, 4) is 11.5 Å². The molecule has 7 heteroatoms. The highest BCUT2D eigenvalue weighted by Crippen LogP contribution is 2.19. The lowest BCUT2D eigenvalue weighted by atomic mass is 10.3. The first-order valence-corrected chi connectivity index (χ1v) is 8.64. The number of halogens is 1. The molecule has 1 N–H and O–H groups in total. The SMILES string of the molecule is COCCOc1cccc(NC(=O)c2ccc(COc3ccc(F)cc3)o2)c1. The topological polar surface area (TPSA) is 69.9 Å². The third-order valence-electron chi connectivity index (χ3n) is 3.73. The first-order valence-electron chi connectivity index (χ1n) is 8.64. The molecule has 3 rings (SSSR count). The Kier molecular flexibility index (Phi) is 6.64. The van der Waals surface area contributed by atoms with Crippen LogP contribution in [0.4, 0.5) is 10.1 Å². The standard InChI is InChI=1S/C21H20FNO5/c1-25-11-12-26-18-4-2-3-16(13-18)23-21(24)20-10-9-19(28-20)14-27-17-7-5-15(22)6-8-17/h2-10,13H,11-12,14H2,1H3,(H,23,24). The number of carbonyl (C=O) groups excluding carboxylic acids is 1. The first kappa shape index (κ1) is 19.4. The van der Waals surface area contributed by atoms with Gasteiger partial charge in [-0.1, -0.05) is 6.07 Å². The molecule has 2 aromatic carbocycles. The number of carbonyl (C=O) groups is 1. The van der Waals surface area contributed by atoms with Gasteiger partial charge in [0.15, 0.2) is 5.76 Å². The fourth-order valence-corrected chi connectivity index (χ4v) is 2.36. The molecule has 0 radical (unpaired) electrons. The van der Waals surface area contributed by atoms with Crippen LogP contribution in [0.3, 0.4) is 0 Å². The Morgan fingerprint density at radius 3 is 2.61 bits per heavy atom. The second-order valence-electron chi connectivity index (χ2n) is 5.83. The van der Waals surface area contributed by atoms with Gasteiger partial charge in [0.05, 0.1) is 6.61 Å². The number of methoxy groups -OCH3 is 1. The van der Waals surface area contributed by atoms with Crippen LogP contribution in [0.15, 0.2) is 65.1 Å². The zero-order chi connectivity index (χ0) is 19.8. The van der Waals surface area contributed by atoms with E-state index in [-0.39, 0.29) is 24.1 Å². The van der Waals surface area contributed by atoms with Crippen molar-refractivity contribution in [1.82, 2.24) is 0 Å². The largest absolute Gasteiger partial charge is 0.491 e. The van der Waals surface area contributed by atoms with Gasteiger partial charge in [-0.25, -0.2) is 4.39 Å². The number of hydrogen-bond acceptors (Lipinski definition) is 5. The van der Waals surface area contributed by atoms with Gasteiger partial charge in [-0.05, 0) is 48.5 Å². The van der Waals surface area contributed by atoms with Crippen LogP contribution in [-0.4, -0.2) is 26.2 Å². The number of ether oxygens (including phenoxy) is 3. The minimum atomic E-state index is -0.387. The van der Waals surface area contributed by atoms with E-state index in [9.17, 15) is 9.18 Å². The maximum Gasteiger partial charge on any atom is 0.291 e. The molecule has 0 saturated carbocycles. The first-order chi connectivity index (χ1) is 13.6. The Labute approximate surface area is 161 Å². The second-order valence-corrected chi connectivity index (χ2v) is 5.83. The summed E-state index contributed by atoms with van der Waals surface area (Å²) in [5.41, 5.74) is 0.584. The quantitative estimate of drug-likeness (QED) is 0.557. The molecule has 0 fully saturated rings. The summed E-state index contributed by atoms with van der Waals surface area (Å²) in [6, 6.07) is 15.9. The van der Waals surface area contributed by atoms with E-state index in [0.29, 0.717) is 36.2 Å². The van der Waals surface area contributed by atoms with E-state index >= 15 is 0 Å². The average molecular weight is 385 g/mol. The molecular formula is C21H20FNO5. The number of amides is 1. The van der Waals surface area contributed by atoms with Gasteiger partial charge >= 0.3 is 0 Å². The van der Waals surface area contributed by atoms with E-state index in [4.69, 9.17) is 18.6 Å². The van der Waals surface area contributed by atoms with Crippen molar-refractivity contribution in [3.63, 3.8) is 0 Å². The molecule has 146 valence electrons. The summed E-state index contributed by atoms with van der Waals surface area (Å²) >= 11 is 0. The molecule has 1 heterocycles. The molecule has 0 bridgehead atoms. The molecule has 0 aliphatic rings. The van der Waals surface area contributed by atoms with Crippen LogP contribution >= 0.6 is 0 Å². The van der Waals surface area contributed by atoms with Crippen LogP contribution < -0.4 is 14.8 Å². The van der Waals surface area contributed by atoms with E-state index in [0.717, 1.165) is 0 Å². The second kappa shape index (κ2) is 9.57. The zero-order valence-corrected chi connectivity index (χ0v) is 15.3. The van der Waals surface area contributed by atoms with Crippen molar-refractivity contribution >= 4 is 11.6 Å². The lowest BCUT2D eigenvalue weighted by Crippen LogP contribution is -2.11. The van der Waals surface area contributed by atoms with E-state index in [2.05, 4.69) is 5.32 Å². The van der Waals surface area contributed by atoms with Crippen molar-refractivity contribution in [2.24, 2.45) is 0 Å². The van der Waals surface area contributed by atoms with E-state index in [1.165, 1.54) is 24.3 Å². The Bertz CT molecular complexity index is 907. The van der Waals surface area contributed by atoms with Gasteiger partial charge in [0.25, 0.3) is 5.91 Å². The number of nitrogens with one attached hydrogen (secondary N) is 1. The number of rotatable bonds is 9. The highest BCUT2D eigenvalue weighted by atomic mass is 19.1. The normalized spacial score (nSPS) is 10.5. The molecule has 0 atom stereocenters. The van der Waals surface area contributed by atoms with E-state index in [1.807, 2.05) is 0 Å². The van der Waals surface area contributed by atoms with Gasteiger partial charge in [-0.2, -0.15) is 0 Å². The fraction of sp³-hybridized carbons (Fsp3) is 0.190. The third kappa shape index (κ3) is 5.59. The summed E-state index contributed by atoms with van der Waals surface area (Å²) in [4.78, 5) is 12.4. The van der Waals surface area contributed by atoms with Crippen LogP contribution in [0.2, 0.25) is 0 Å². The van der Waals surface area contributed by atoms with Crippen molar-refractivity contribution in [2.75, 3.05) is 25.6 Å². The van der Waals surface area contributed by atoms with Crippen molar-refractivity contribution in [1.29, 1.82) is 0 Å². The fourth-order valence-electron chi connectivity index (χ4n) is 2.36. The van der Waals surface area contributed by atoms with E-state index in [1.54, 1.807) is 43.5 Å². The molecule has 1 aromatic heterocycles. The van der Waals surface area contributed by atoms with E-state index < -0.39 is 0 Å². The maximum absolute atomic E-state index is 12.9. The summed E-state index contributed by atoms with van der Waals surface area (Å²) in [5, 5.41) is 2.76. The Morgan fingerprint density at radius 1 is 1.00 bits per heavy atom. The number of furan rings is 1. The summed E-state index contributed by atoms with van der Waals surface area (Å²) in [7, 11) is 1.60. The third-order valence-corrected chi connectivity index (χ3v) is 3.73. The molecule has 0 saturated heterocycles. The molecule has 0 spiro atoms. The van der Waals surface area contributed by atoms with Crippen molar-refractivity contribution in [3.05, 3.63) is 78.0 Å². The van der Waals surface area contributed by atoms with Crippen LogP contribution in [0.25, 0.3) is 0 Å². The Morgan fingerprint density at radius 2 is 1.82 bits per heavy atom. The van der Waals surface area contributed by atoms with Crippen LogP contribution in [0, 0.1) is 5.82 Å². The average Bonchev–Trinajstić information content (AvgIpc) is 3.17. The summed E-state index contributed by atoms with van der Waals surface area (Å²) in [6.45, 7) is 1.02. The molecule has 6 nitrogen and oxygen atoms in total. The number of anilines is 1. The lowest BCUT2D eigenvalue weighted by molar-refractivity contribution is 0.0992. The van der Waals surface area contributed by atoms with Crippen LogP contribution in [0.5, 0.6) is 11.5 Å². The summed E-state index contributed by atoms with van der Waals surface area (Å²) in [5.74, 6) is 1.05. The molecule has 0 aliphatic carbocycles. The predicted octanol–water partition coefficient (Wildman–Crippen LogP) is 4.28. The van der Waals surface area contributed by atoms with Crippen LogP contribution in [0.1, 0.15) is 16.3 Å². The maximum atomic E-state index is 12.9. The van der Waals surface area contributed by atoms with Gasteiger partial charge < -0.3 is 23.9 Å². The van der Waals surface area contributed by atoms with Crippen molar-refractivity contribution < 1.29 is 27.8 Å². The monoisotopic (exact) mass is 385 g/mol. The van der Waals surface area contributed by atoms with Crippen molar-refractivity contribution in [2.45, 2.75) is 6.61 Å². The molecule has 28 heavy (non-hydrogen) atoms. The minimum absolute atomic E-state index is 0.127. The number of hydrogen-bond donors (Lipinski definition) is 1. The molecule has 0 unspecified atom stereocenters. The lowest BCUT2D eigenvalue weighted by Gasteiger charge is -2.08. The van der Waals surface area contributed by atoms with Gasteiger partial charge in [-0.15, -0.1) is 0 Å². The Hall–Kier alpha value is -3.32. The molecule has 3 aromatic rings. The zero-order valence-electron chi connectivity index (χ0n) is 15.3. The molecule has 0 aliphatic heterocycles. The van der Waals surface area contributed by atoms with Gasteiger partial charge in [0, 0.05) is 18.9 Å². The predicted molar refractivity (Wildman–Crippen MR) is 101 cm³/mol. The van der Waals surface area contributed by atoms with Crippen LogP contribution in [-0.2, 0) is 11.3 Å². The minimum Gasteiger partial charge on any atom is -0.491 e. The summed E-state index contributed by atoms with van der Waals surface area (Å²) < 4.78 is 34.4. The van der Waals surface area contributed by atoms with Gasteiger partial charge in [-0.3, -0.25) is 4.79 Å².